The minimum absolute atomic E-state index is 0.119. The summed E-state index contributed by atoms with van der Waals surface area (Å²) < 4.78 is 2.95. The zero-order valence-corrected chi connectivity index (χ0v) is 16.3. The van der Waals surface area contributed by atoms with Crippen molar-refractivity contribution in [2.24, 2.45) is 0 Å². The Labute approximate surface area is 143 Å². The maximum absolute atomic E-state index is 2.95. The van der Waals surface area contributed by atoms with Crippen LogP contribution in [0.2, 0.25) is 6.55 Å². The molecule has 0 N–H and O–H groups in total. The lowest BCUT2D eigenvalue weighted by Crippen LogP contribution is -2.61. The third kappa shape index (κ3) is 3.25. The minimum Gasteiger partial charge on any atom is -0.308 e. The Morgan fingerprint density at radius 3 is 2.26 bits per heavy atom. The van der Waals surface area contributed by atoms with Crippen LogP contribution in [0.5, 0.6) is 0 Å². The number of rotatable bonds is 4. The molecule has 1 fully saturated rings. The van der Waals surface area contributed by atoms with Crippen molar-refractivity contribution >= 4 is 14.1 Å². The maximum Gasteiger partial charge on any atom is 0.142 e. The van der Waals surface area contributed by atoms with Crippen molar-refractivity contribution in [1.29, 1.82) is 0 Å². The quantitative estimate of drug-likeness (QED) is 0.734. The van der Waals surface area contributed by atoms with E-state index in [-0.39, 0.29) is 5.54 Å². The van der Waals surface area contributed by atoms with Crippen LogP contribution < -0.4 is 5.19 Å². The molecule has 1 aromatic carbocycles. The van der Waals surface area contributed by atoms with E-state index < -0.39 is 8.96 Å². The van der Waals surface area contributed by atoms with E-state index in [1.54, 1.807) is 5.19 Å². The van der Waals surface area contributed by atoms with Crippen LogP contribution in [-0.4, -0.2) is 25.1 Å². The molecule has 0 heterocycles. The normalized spacial score (nSPS) is 27.0. The molecule has 0 saturated heterocycles. The van der Waals surface area contributed by atoms with Gasteiger partial charge < -0.3 is 4.57 Å². The molecule has 2 atom stereocenters. The molecule has 0 spiro atoms. The van der Waals surface area contributed by atoms with Gasteiger partial charge in [-0.25, -0.2) is 0 Å². The zero-order valence-electron chi connectivity index (χ0n) is 15.2. The van der Waals surface area contributed by atoms with Gasteiger partial charge in [0.15, 0.2) is 0 Å². The molecule has 2 heteroatoms. The molecule has 2 aliphatic rings. The molecule has 124 valence electrons. The SMILES string of the molecule is CC1=CC(C)(N(C2CCCCC2)[SiH](C)c2ccccc2)C(C)=C1. The molecule has 23 heavy (non-hydrogen) atoms. The van der Waals surface area contributed by atoms with E-state index in [1.165, 1.54) is 43.3 Å². The molecule has 0 aliphatic heterocycles. The molecule has 0 bridgehead atoms. The predicted octanol–water partition coefficient (Wildman–Crippen LogP) is 4.55. The van der Waals surface area contributed by atoms with E-state index in [9.17, 15) is 0 Å². The van der Waals surface area contributed by atoms with Crippen LogP contribution in [0.15, 0.2) is 53.6 Å². The van der Waals surface area contributed by atoms with Crippen LogP contribution in [0.25, 0.3) is 0 Å². The predicted molar refractivity (Wildman–Crippen MR) is 104 cm³/mol. The van der Waals surface area contributed by atoms with Crippen molar-refractivity contribution in [3.63, 3.8) is 0 Å². The highest BCUT2D eigenvalue weighted by Crippen LogP contribution is 2.38. The first-order chi connectivity index (χ1) is 11.0. The Bertz CT molecular complexity index is 598. The second kappa shape index (κ2) is 6.78. The molecular weight excluding hydrogens is 294 g/mol. The number of benzene rings is 1. The highest BCUT2D eigenvalue weighted by molar-refractivity contribution is 6.69. The Morgan fingerprint density at radius 2 is 1.70 bits per heavy atom. The Morgan fingerprint density at radius 1 is 1.04 bits per heavy atom. The lowest BCUT2D eigenvalue weighted by Gasteiger charge is -2.49. The third-order valence-corrected chi connectivity index (χ3v) is 9.10. The minimum atomic E-state index is -1.19. The van der Waals surface area contributed by atoms with Gasteiger partial charge in [-0.3, -0.25) is 0 Å². The molecule has 0 radical (unpaired) electrons. The summed E-state index contributed by atoms with van der Waals surface area (Å²) in [5.41, 5.74) is 3.07. The van der Waals surface area contributed by atoms with Gasteiger partial charge >= 0.3 is 0 Å². The van der Waals surface area contributed by atoms with Crippen molar-refractivity contribution in [3.05, 3.63) is 53.6 Å². The maximum atomic E-state index is 2.95. The van der Waals surface area contributed by atoms with Crippen molar-refractivity contribution in [2.75, 3.05) is 0 Å². The molecule has 2 aliphatic carbocycles. The van der Waals surface area contributed by atoms with E-state index in [1.807, 2.05) is 0 Å². The average molecular weight is 326 g/mol. The van der Waals surface area contributed by atoms with Crippen LogP contribution in [0.1, 0.15) is 52.9 Å². The van der Waals surface area contributed by atoms with Gasteiger partial charge in [0.2, 0.25) is 0 Å². The number of allylic oxidation sites excluding steroid dienone is 2. The van der Waals surface area contributed by atoms with E-state index >= 15 is 0 Å². The van der Waals surface area contributed by atoms with E-state index in [2.05, 4.69) is 74.4 Å². The summed E-state index contributed by atoms with van der Waals surface area (Å²) >= 11 is 0. The molecule has 2 unspecified atom stereocenters. The van der Waals surface area contributed by atoms with Crippen molar-refractivity contribution in [2.45, 2.75) is 71.0 Å². The second-order valence-corrected chi connectivity index (χ2v) is 10.2. The summed E-state index contributed by atoms with van der Waals surface area (Å²) in [4.78, 5) is 0. The van der Waals surface area contributed by atoms with Crippen LogP contribution >= 0.6 is 0 Å². The molecule has 0 aromatic heterocycles. The topological polar surface area (TPSA) is 3.24 Å². The standard InChI is InChI=1S/C21H31NSi/c1-17-15-18(2)21(3,16-17)22(19-11-7-5-8-12-19)23(4)20-13-9-6-10-14-20/h6,9-10,13-16,19,23H,5,7-8,11-12H2,1-4H3. The van der Waals surface area contributed by atoms with Gasteiger partial charge in [-0.2, -0.15) is 0 Å². The third-order valence-electron chi connectivity index (χ3n) is 5.95. The lowest BCUT2D eigenvalue weighted by molar-refractivity contribution is 0.186. The molecule has 1 saturated carbocycles. The summed E-state index contributed by atoms with van der Waals surface area (Å²) in [6, 6.07) is 12.0. The van der Waals surface area contributed by atoms with Crippen LogP contribution in [-0.2, 0) is 0 Å². The summed E-state index contributed by atoms with van der Waals surface area (Å²) in [5, 5.41) is 1.57. The largest absolute Gasteiger partial charge is 0.308 e. The first-order valence-corrected chi connectivity index (χ1v) is 11.5. The molecule has 0 amide bonds. The Kier molecular flexibility index (Phi) is 4.93. The first-order valence-electron chi connectivity index (χ1n) is 9.24. The summed E-state index contributed by atoms with van der Waals surface area (Å²) in [7, 11) is -1.19. The fraction of sp³-hybridized carbons (Fsp3) is 0.524. The molecular formula is C21H31NSi. The molecule has 1 aromatic rings. The summed E-state index contributed by atoms with van der Waals surface area (Å²) in [6.45, 7) is 9.57. The fourth-order valence-electron chi connectivity index (χ4n) is 4.71. The number of hydrogen-bond donors (Lipinski definition) is 0. The monoisotopic (exact) mass is 325 g/mol. The van der Waals surface area contributed by atoms with Crippen LogP contribution in [0, 0.1) is 0 Å². The first kappa shape index (κ1) is 16.7. The van der Waals surface area contributed by atoms with Gasteiger partial charge in [-0.15, -0.1) is 0 Å². The highest BCUT2D eigenvalue weighted by Gasteiger charge is 2.41. The van der Waals surface area contributed by atoms with Crippen LogP contribution in [0.3, 0.4) is 0 Å². The van der Waals surface area contributed by atoms with E-state index in [0.29, 0.717) is 0 Å². The van der Waals surface area contributed by atoms with Crippen molar-refractivity contribution in [1.82, 2.24) is 4.57 Å². The highest BCUT2D eigenvalue weighted by atomic mass is 28.3. The number of nitrogens with zero attached hydrogens (tertiary/aromatic N) is 1. The van der Waals surface area contributed by atoms with Gasteiger partial charge in [0.1, 0.15) is 8.96 Å². The Hall–Kier alpha value is -1.12. The van der Waals surface area contributed by atoms with Gasteiger partial charge in [0.25, 0.3) is 0 Å². The van der Waals surface area contributed by atoms with Gasteiger partial charge in [-0.1, -0.05) is 73.9 Å². The lowest BCUT2D eigenvalue weighted by atomic mass is 9.89. The van der Waals surface area contributed by atoms with Gasteiger partial charge in [-0.05, 0) is 44.4 Å². The van der Waals surface area contributed by atoms with E-state index in [0.717, 1.165) is 6.04 Å². The number of hydrogen-bond acceptors (Lipinski definition) is 1. The van der Waals surface area contributed by atoms with Gasteiger partial charge in [0, 0.05) is 6.04 Å². The van der Waals surface area contributed by atoms with Crippen LogP contribution in [0.4, 0.5) is 0 Å². The fourth-order valence-corrected chi connectivity index (χ4v) is 7.83. The van der Waals surface area contributed by atoms with Crippen molar-refractivity contribution < 1.29 is 0 Å². The molecule has 3 rings (SSSR count). The average Bonchev–Trinajstić information content (AvgIpc) is 2.82. The smallest absolute Gasteiger partial charge is 0.142 e. The Balaban J connectivity index is 1.99. The van der Waals surface area contributed by atoms with Crippen molar-refractivity contribution in [3.8, 4) is 0 Å². The van der Waals surface area contributed by atoms with E-state index in [4.69, 9.17) is 0 Å². The molecule has 1 nitrogen and oxygen atoms in total. The second-order valence-electron chi connectivity index (χ2n) is 7.65. The van der Waals surface area contributed by atoms with Gasteiger partial charge in [0.05, 0.1) is 5.54 Å². The summed E-state index contributed by atoms with van der Waals surface area (Å²) in [5.74, 6) is 0. The summed E-state index contributed by atoms with van der Waals surface area (Å²) in [6.07, 6.45) is 11.9. The zero-order chi connectivity index (χ0) is 16.4.